The third-order valence-electron chi connectivity index (χ3n) is 3.19. The average molecular weight is 324 g/mol. The third kappa shape index (κ3) is 2.75. The SMILES string of the molecule is c1ccc(CSc2nn3cc(-c4cccnc4)nc3s2)cc1. The number of rotatable bonds is 4. The summed E-state index contributed by atoms with van der Waals surface area (Å²) < 4.78 is 2.88. The fraction of sp³-hybridized carbons (Fsp3) is 0.0625. The van der Waals surface area contributed by atoms with Crippen LogP contribution in [0.5, 0.6) is 0 Å². The third-order valence-corrected chi connectivity index (χ3v) is 5.31. The zero-order valence-electron chi connectivity index (χ0n) is 11.6. The molecule has 3 aromatic heterocycles. The summed E-state index contributed by atoms with van der Waals surface area (Å²) in [6.45, 7) is 0. The van der Waals surface area contributed by atoms with Crippen molar-refractivity contribution in [1.29, 1.82) is 0 Å². The van der Waals surface area contributed by atoms with Crippen molar-refractivity contribution in [3.05, 3.63) is 66.6 Å². The van der Waals surface area contributed by atoms with Gasteiger partial charge >= 0.3 is 0 Å². The molecule has 0 spiro atoms. The summed E-state index contributed by atoms with van der Waals surface area (Å²) in [6.07, 6.45) is 5.53. The predicted molar refractivity (Wildman–Crippen MR) is 90.1 cm³/mol. The van der Waals surface area contributed by atoms with Gasteiger partial charge in [-0.05, 0) is 17.7 Å². The van der Waals surface area contributed by atoms with Crippen molar-refractivity contribution in [2.75, 3.05) is 0 Å². The Morgan fingerprint density at radius 1 is 1.09 bits per heavy atom. The van der Waals surface area contributed by atoms with Gasteiger partial charge in [0.15, 0.2) is 4.34 Å². The van der Waals surface area contributed by atoms with Crippen molar-refractivity contribution in [2.24, 2.45) is 0 Å². The van der Waals surface area contributed by atoms with Crippen molar-refractivity contribution >= 4 is 28.1 Å². The van der Waals surface area contributed by atoms with Gasteiger partial charge in [0.25, 0.3) is 0 Å². The van der Waals surface area contributed by atoms with E-state index in [1.165, 1.54) is 5.56 Å². The maximum absolute atomic E-state index is 4.62. The minimum Gasteiger partial charge on any atom is -0.264 e. The molecule has 0 amide bonds. The molecule has 0 saturated carbocycles. The first-order valence-corrected chi connectivity index (χ1v) is 8.62. The highest BCUT2D eigenvalue weighted by atomic mass is 32.2. The Morgan fingerprint density at radius 3 is 2.77 bits per heavy atom. The number of imidazole rings is 1. The Bertz CT molecular complexity index is 853. The fourth-order valence-electron chi connectivity index (χ4n) is 2.11. The summed E-state index contributed by atoms with van der Waals surface area (Å²) in [5.41, 5.74) is 3.22. The summed E-state index contributed by atoms with van der Waals surface area (Å²) in [7, 11) is 0. The Hall–Kier alpha value is -2.18. The summed E-state index contributed by atoms with van der Waals surface area (Å²) in [5.74, 6) is 0.924. The molecule has 0 radical (unpaired) electrons. The second-order valence-electron chi connectivity index (χ2n) is 4.74. The van der Waals surface area contributed by atoms with Crippen LogP contribution in [0.15, 0.2) is 65.4 Å². The van der Waals surface area contributed by atoms with Gasteiger partial charge in [0, 0.05) is 23.7 Å². The molecule has 0 aliphatic carbocycles. The summed E-state index contributed by atoms with van der Waals surface area (Å²) in [6, 6.07) is 14.3. The number of thioether (sulfide) groups is 1. The topological polar surface area (TPSA) is 43.1 Å². The van der Waals surface area contributed by atoms with Gasteiger partial charge in [0.2, 0.25) is 4.96 Å². The molecule has 0 aliphatic rings. The van der Waals surface area contributed by atoms with Gasteiger partial charge in [-0.1, -0.05) is 53.4 Å². The van der Waals surface area contributed by atoms with Crippen molar-refractivity contribution in [3.63, 3.8) is 0 Å². The van der Waals surface area contributed by atoms with Crippen LogP contribution in [0, 0.1) is 0 Å². The number of aromatic nitrogens is 4. The lowest BCUT2D eigenvalue weighted by atomic mass is 10.2. The number of hydrogen-bond acceptors (Lipinski definition) is 5. The number of nitrogens with zero attached hydrogens (tertiary/aromatic N) is 4. The van der Waals surface area contributed by atoms with Crippen molar-refractivity contribution < 1.29 is 0 Å². The quantitative estimate of drug-likeness (QED) is 0.529. The molecule has 0 aliphatic heterocycles. The Morgan fingerprint density at radius 2 is 2.00 bits per heavy atom. The highest BCUT2D eigenvalue weighted by molar-refractivity contribution is 8.00. The molecule has 0 fully saturated rings. The van der Waals surface area contributed by atoms with Crippen LogP contribution in [0.4, 0.5) is 0 Å². The van der Waals surface area contributed by atoms with Crippen LogP contribution < -0.4 is 0 Å². The largest absolute Gasteiger partial charge is 0.264 e. The fourth-order valence-corrected chi connectivity index (χ4v) is 3.99. The molecule has 0 atom stereocenters. The number of benzene rings is 1. The van der Waals surface area contributed by atoms with Crippen molar-refractivity contribution in [1.82, 2.24) is 19.6 Å². The van der Waals surface area contributed by atoms with Gasteiger partial charge < -0.3 is 0 Å². The smallest absolute Gasteiger partial charge is 0.213 e. The first kappa shape index (κ1) is 13.5. The van der Waals surface area contributed by atoms with Gasteiger partial charge in [-0.2, -0.15) is 0 Å². The first-order chi connectivity index (χ1) is 10.9. The molecule has 4 aromatic rings. The number of pyridine rings is 1. The minimum absolute atomic E-state index is 0.909. The predicted octanol–water partition coefficient (Wildman–Crippen LogP) is 4.15. The Balaban J connectivity index is 1.54. The highest BCUT2D eigenvalue weighted by Gasteiger charge is 2.10. The van der Waals surface area contributed by atoms with E-state index in [-0.39, 0.29) is 0 Å². The van der Waals surface area contributed by atoms with Crippen LogP contribution >= 0.6 is 23.1 Å². The van der Waals surface area contributed by atoms with E-state index in [1.54, 1.807) is 29.3 Å². The van der Waals surface area contributed by atoms with Crippen molar-refractivity contribution in [3.8, 4) is 11.3 Å². The molecule has 6 heteroatoms. The molecule has 22 heavy (non-hydrogen) atoms. The average Bonchev–Trinajstić information content (AvgIpc) is 3.13. The van der Waals surface area contributed by atoms with Crippen LogP contribution in [0.3, 0.4) is 0 Å². The number of hydrogen-bond donors (Lipinski definition) is 0. The molecule has 3 heterocycles. The molecule has 4 rings (SSSR count). The van der Waals surface area contributed by atoms with E-state index >= 15 is 0 Å². The monoisotopic (exact) mass is 324 g/mol. The lowest BCUT2D eigenvalue weighted by Gasteiger charge is -1.97. The second-order valence-corrected chi connectivity index (χ2v) is 6.92. The van der Waals surface area contributed by atoms with Gasteiger partial charge in [-0.25, -0.2) is 9.50 Å². The molecular formula is C16H12N4S2. The van der Waals surface area contributed by atoms with E-state index in [2.05, 4.69) is 39.3 Å². The van der Waals surface area contributed by atoms with Crippen LogP contribution in [0.25, 0.3) is 16.2 Å². The van der Waals surface area contributed by atoms with Gasteiger partial charge in [-0.3, -0.25) is 4.98 Å². The van der Waals surface area contributed by atoms with Gasteiger partial charge in [0.05, 0.1) is 11.9 Å². The van der Waals surface area contributed by atoms with Crippen LogP contribution in [-0.2, 0) is 5.75 Å². The minimum atomic E-state index is 0.909. The van der Waals surface area contributed by atoms with E-state index in [0.717, 1.165) is 26.3 Å². The van der Waals surface area contributed by atoms with E-state index in [0.29, 0.717) is 0 Å². The molecular weight excluding hydrogens is 312 g/mol. The Labute approximate surface area is 135 Å². The lowest BCUT2D eigenvalue weighted by Crippen LogP contribution is -1.82. The number of fused-ring (bicyclic) bond motifs is 1. The standard InChI is InChI=1S/C16H12N4S2/c1-2-5-12(6-3-1)11-21-16-19-20-10-14(18-15(20)22-16)13-7-4-8-17-9-13/h1-10H,11H2. The first-order valence-electron chi connectivity index (χ1n) is 6.82. The molecule has 0 saturated heterocycles. The van der Waals surface area contributed by atoms with E-state index in [4.69, 9.17) is 0 Å². The second kappa shape index (κ2) is 5.90. The molecule has 108 valence electrons. The molecule has 0 N–H and O–H groups in total. The van der Waals surface area contributed by atoms with E-state index in [9.17, 15) is 0 Å². The van der Waals surface area contributed by atoms with Gasteiger partial charge in [0.1, 0.15) is 0 Å². The molecule has 0 unspecified atom stereocenters. The zero-order valence-corrected chi connectivity index (χ0v) is 13.2. The van der Waals surface area contributed by atoms with E-state index in [1.807, 2.05) is 35.1 Å². The lowest BCUT2D eigenvalue weighted by molar-refractivity contribution is 0.915. The van der Waals surface area contributed by atoms with Crippen LogP contribution in [0.2, 0.25) is 0 Å². The van der Waals surface area contributed by atoms with Crippen molar-refractivity contribution in [2.45, 2.75) is 10.1 Å². The maximum atomic E-state index is 4.62. The van der Waals surface area contributed by atoms with E-state index < -0.39 is 0 Å². The summed E-state index contributed by atoms with van der Waals surface area (Å²) >= 11 is 3.36. The van der Waals surface area contributed by atoms with Crippen LogP contribution in [0.1, 0.15) is 5.56 Å². The normalized spacial score (nSPS) is 11.1. The van der Waals surface area contributed by atoms with Gasteiger partial charge in [-0.15, -0.1) is 5.10 Å². The Kier molecular flexibility index (Phi) is 3.62. The maximum Gasteiger partial charge on any atom is 0.213 e. The highest BCUT2D eigenvalue weighted by Crippen LogP contribution is 2.29. The summed E-state index contributed by atoms with van der Waals surface area (Å²) in [4.78, 5) is 9.66. The van der Waals surface area contributed by atoms with Crippen LogP contribution in [-0.4, -0.2) is 19.6 Å². The summed E-state index contributed by atoms with van der Waals surface area (Å²) in [5, 5.41) is 4.59. The molecule has 0 bridgehead atoms. The molecule has 1 aromatic carbocycles. The molecule has 4 nitrogen and oxygen atoms in total. The zero-order chi connectivity index (χ0) is 14.8.